The number of amides is 1. The highest BCUT2D eigenvalue weighted by Gasteiger charge is 2.14. The second kappa shape index (κ2) is 7.55. The number of aryl methyl sites for hydroxylation is 2. The average molecular weight is 332 g/mol. The van der Waals surface area contributed by atoms with Gasteiger partial charge in [-0.25, -0.2) is 4.98 Å². The number of carbonyl (C=O) groups is 1. The topological polar surface area (TPSA) is 66.4 Å². The Kier molecular flexibility index (Phi) is 5.71. The monoisotopic (exact) mass is 332 g/mol. The molecule has 0 unspecified atom stereocenters. The second-order valence-electron chi connectivity index (χ2n) is 5.67. The van der Waals surface area contributed by atoms with Crippen LogP contribution in [0.5, 0.6) is 0 Å². The maximum absolute atomic E-state index is 11.9. The van der Waals surface area contributed by atoms with Gasteiger partial charge in [-0.05, 0) is 50.8 Å². The van der Waals surface area contributed by atoms with Crippen molar-refractivity contribution in [3.8, 4) is 0 Å². The summed E-state index contributed by atoms with van der Waals surface area (Å²) >= 11 is 1.56. The molecule has 0 saturated heterocycles. The molecular formula is C17H24N4OS. The number of carbonyl (C=O) groups excluding carboxylic acids is 1. The fourth-order valence-electron chi connectivity index (χ4n) is 2.28. The van der Waals surface area contributed by atoms with Crippen molar-refractivity contribution in [2.45, 2.75) is 53.9 Å². The molecule has 0 aliphatic rings. The predicted molar refractivity (Wildman–Crippen MR) is 99.7 cm³/mol. The maximum Gasteiger partial charge on any atom is 0.224 e. The van der Waals surface area contributed by atoms with Gasteiger partial charge in [0.05, 0.1) is 10.2 Å². The lowest BCUT2D eigenvalue weighted by atomic mass is 10.1. The number of thiazole rings is 1. The van der Waals surface area contributed by atoms with Crippen LogP contribution in [0.3, 0.4) is 0 Å². The Labute approximate surface area is 141 Å². The second-order valence-corrected chi connectivity index (χ2v) is 6.67. The molecule has 1 aromatic carbocycles. The molecule has 0 atom stereocenters. The van der Waals surface area contributed by atoms with Crippen molar-refractivity contribution >= 4 is 44.0 Å². The highest BCUT2D eigenvalue weighted by Crippen LogP contribution is 2.35. The van der Waals surface area contributed by atoms with Crippen LogP contribution in [0.1, 0.15) is 51.2 Å². The molecule has 1 heterocycles. The van der Waals surface area contributed by atoms with E-state index < -0.39 is 0 Å². The van der Waals surface area contributed by atoms with Crippen LogP contribution in [0.25, 0.3) is 10.2 Å². The number of fused-ring (bicyclic) bond motifs is 1. The number of hydrogen-bond acceptors (Lipinski definition) is 5. The quantitative estimate of drug-likeness (QED) is 0.587. The predicted octanol–water partition coefficient (Wildman–Crippen LogP) is 4.85. The van der Waals surface area contributed by atoms with Crippen molar-refractivity contribution in [3.63, 3.8) is 0 Å². The van der Waals surface area contributed by atoms with Crippen LogP contribution in [0.15, 0.2) is 11.2 Å². The Bertz CT molecular complexity index is 749. The van der Waals surface area contributed by atoms with Gasteiger partial charge in [-0.15, -0.1) is 0 Å². The van der Waals surface area contributed by atoms with Crippen LogP contribution in [0, 0.1) is 13.8 Å². The SMILES string of the molecule is CCCC(=O)Nc1c(C)cc2nc(N/N=C(\C)CC)sc2c1C. The van der Waals surface area contributed by atoms with Crippen LogP contribution in [-0.2, 0) is 4.79 Å². The fraction of sp³-hybridized carbons (Fsp3) is 0.471. The molecule has 2 N–H and O–H groups in total. The third-order valence-corrected chi connectivity index (χ3v) is 4.81. The summed E-state index contributed by atoms with van der Waals surface area (Å²) in [6.07, 6.45) is 2.29. The van der Waals surface area contributed by atoms with Gasteiger partial charge in [-0.2, -0.15) is 5.10 Å². The molecule has 6 heteroatoms. The number of benzene rings is 1. The Hall–Kier alpha value is -1.95. The molecule has 0 spiro atoms. The van der Waals surface area contributed by atoms with E-state index in [4.69, 9.17) is 0 Å². The van der Waals surface area contributed by atoms with Crippen LogP contribution >= 0.6 is 11.3 Å². The lowest BCUT2D eigenvalue weighted by molar-refractivity contribution is -0.116. The van der Waals surface area contributed by atoms with Crippen molar-refractivity contribution in [2.75, 3.05) is 10.7 Å². The first kappa shape index (κ1) is 17.4. The van der Waals surface area contributed by atoms with Crippen LogP contribution < -0.4 is 10.7 Å². The van der Waals surface area contributed by atoms with Crippen molar-refractivity contribution in [1.82, 2.24) is 4.98 Å². The van der Waals surface area contributed by atoms with Gasteiger partial charge in [0.15, 0.2) is 0 Å². The van der Waals surface area contributed by atoms with E-state index in [1.807, 2.05) is 33.8 Å². The zero-order valence-electron chi connectivity index (χ0n) is 14.4. The minimum atomic E-state index is 0.0593. The molecule has 5 nitrogen and oxygen atoms in total. The number of nitrogens with one attached hydrogen (secondary N) is 2. The Morgan fingerprint density at radius 1 is 1.35 bits per heavy atom. The average Bonchev–Trinajstić information content (AvgIpc) is 2.92. The number of rotatable bonds is 6. The first-order valence-corrected chi connectivity index (χ1v) is 8.77. The van der Waals surface area contributed by atoms with E-state index in [1.54, 1.807) is 11.3 Å². The normalized spacial score (nSPS) is 11.8. The lowest BCUT2D eigenvalue weighted by Gasteiger charge is -2.11. The third kappa shape index (κ3) is 4.07. The van der Waals surface area contributed by atoms with E-state index in [0.717, 1.165) is 50.7 Å². The zero-order chi connectivity index (χ0) is 17.0. The van der Waals surface area contributed by atoms with E-state index in [-0.39, 0.29) is 5.91 Å². The molecule has 0 aliphatic carbocycles. The van der Waals surface area contributed by atoms with E-state index in [2.05, 4.69) is 27.8 Å². The van der Waals surface area contributed by atoms with Gasteiger partial charge in [-0.3, -0.25) is 10.2 Å². The summed E-state index contributed by atoms with van der Waals surface area (Å²) in [5.74, 6) is 0.0593. The summed E-state index contributed by atoms with van der Waals surface area (Å²) in [7, 11) is 0. The van der Waals surface area contributed by atoms with E-state index >= 15 is 0 Å². The number of nitrogens with zero attached hydrogens (tertiary/aromatic N) is 2. The molecule has 2 rings (SSSR count). The van der Waals surface area contributed by atoms with Crippen molar-refractivity contribution < 1.29 is 4.79 Å². The van der Waals surface area contributed by atoms with Crippen LogP contribution in [0.4, 0.5) is 10.8 Å². The Morgan fingerprint density at radius 2 is 2.09 bits per heavy atom. The van der Waals surface area contributed by atoms with E-state index in [0.29, 0.717) is 6.42 Å². The maximum atomic E-state index is 11.9. The van der Waals surface area contributed by atoms with Gasteiger partial charge >= 0.3 is 0 Å². The van der Waals surface area contributed by atoms with Gasteiger partial charge in [0.25, 0.3) is 0 Å². The number of anilines is 2. The summed E-state index contributed by atoms with van der Waals surface area (Å²) in [5, 5.41) is 8.10. The minimum absolute atomic E-state index is 0.0593. The Balaban J connectivity index is 2.35. The summed E-state index contributed by atoms with van der Waals surface area (Å²) in [6.45, 7) is 10.1. The molecule has 124 valence electrons. The number of hydrogen-bond donors (Lipinski definition) is 2. The van der Waals surface area contributed by atoms with Crippen LogP contribution in [0.2, 0.25) is 0 Å². The molecule has 1 amide bonds. The highest BCUT2D eigenvalue weighted by molar-refractivity contribution is 7.22. The summed E-state index contributed by atoms with van der Waals surface area (Å²) < 4.78 is 1.08. The van der Waals surface area contributed by atoms with Crippen molar-refractivity contribution in [2.24, 2.45) is 5.10 Å². The van der Waals surface area contributed by atoms with Gasteiger partial charge in [0.1, 0.15) is 0 Å². The first-order valence-electron chi connectivity index (χ1n) is 7.96. The van der Waals surface area contributed by atoms with Gasteiger partial charge in [0.2, 0.25) is 11.0 Å². The third-order valence-electron chi connectivity index (χ3n) is 3.71. The van der Waals surface area contributed by atoms with Crippen LogP contribution in [-0.4, -0.2) is 16.6 Å². The molecule has 0 aliphatic heterocycles. The van der Waals surface area contributed by atoms with E-state index in [1.165, 1.54) is 0 Å². The molecule has 1 aromatic heterocycles. The highest BCUT2D eigenvalue weighted by atomic mass is 32.1. The lowest BCUT2D eigenvalue weighted by Crippen LogP contribution is -2.12. The molecule has 0 saturated carbocycles. The zero-order valence-corrected chi connectivity index (χ0v) is 15.2. The fourth-order valence-corrected chi connectivity index (χ4v) is 3.17. The summed E-state index contributed by atoms with van der Waals surface area (Å²) in [6, 6.07) is 2.02. The van der Waals surface area contributed by atoms with Gasteiger partial charge in [0, 0.05) is 17.8 Å². The first-order chi connectivity index (χ1) is 11.0. The Morgan fingerprint density at radius 3 is 2.74 bits per heavy atom. The standard InChI is InChI=1S/C17H24N4OS/c1-6-8-14(22)19-15-10(3)9-13-16(12(15)5)23-17(18-13)21-20-11(4)7-2/h9H,6-8H2,1-5H3,(H,18,21)(H,19,22)/b20-11+. The largest absolute Gasteiger partial charge is 0.326 e. The molecule has 0 bridgehead atoms. The molecule has 0 fully saturated rings. The number of hydrazone groups is 1. The van der Waals surface area contributed by atoms with E-state index in [9.17, 15) is 4.79 Å². The number of aromatic nitrogens is 1. The van der Waals surface area contributed by atoms with Gasteiger partial charge in [-0.1, -0.05) is 25.2 Å². The molecular weight excluding hydrogens is 308 g/mol. The minimum Gasteiger partial charge on any atom is -0.326 e. The smallest absolute Gasteiger partial charge is 0.224 e. The molecule has 2 aromatic rings. The van der Waals surface area contributed by atoms with Crippen molar-refractivity contribution in [3.05, 3.63) is 17.2 Å². The molecule has 23 heavy (non-hydrogen) atoms. The summed E-state index contributed by atoms with van der Waals surface area (Å²) in [4.78, 5) is 16.5. The van der Waals surface area contributed by atoms with Crippen molar-refractivity contribution in [1.29, 1.82) is 0 Å². The molecule has 0 radical (unpaired) electrons. The van der Waals surface area contributed by atoms with Gasteiger partial charge < -0.3 is 5.32 Å². The summed E-state index contributed by atoms with van der Waals surface area (Å²) in [5.41, 5.74) is 7.98.